The molecule has 1 aromatic carbocycles. The lowest BCUT2D eigenvalue weighted by atomic mass is 9.98. The first-order valence-corrected chi connectivity index (χ1v) is 7.93. The summed E-state index contributed by atoms with van der Waals surface area (Å²) in [5.41, 5.74) is 3.62. The van der Waals surface area contributed by atoms with E-state index in [-0.39, 0.29) is 24.5 Å². The van der Waals surface area contributed by atoms with Gasteiger partial charge in [0.05, 0.1) is 6.61 Å². The fourth-order valence-corrected chi connectivity index (χ4v) is 2.52. The molecule has 0 aliphatic rings. The Morgan fingerprint density at radius 1 is 1.32 bits per heavy atom. The van der Waals surface area contributed by atoms with Crippen LogP contribution in [-0.2, 0) is 16.2 Å². The van der Waals surface area contributed by atoms with Crippen molar-refractivity contribution in [1.29, 1.82) is 0 Å². The summed E-state index contributed by atoms with van der Waals surface area (Å²) in [5, 5.41) is 0.365. The van der Waals surface area contributed by atoms with Gasteiger partial charge < -0.3 is 0 Å². The molecular formula is C18H18ClF2N2O2+. The number of hydroxylamine groups is 1. The van der Waals surface area contributed by atoms with Gasteiger partial charge in [0.25, 0.3) is 5.15 Å². The van der Waals surface area contributed by atoms with Gasteiger partial charge in [-0.25, -0.2) is 14.3 Å². The van der Waals surface area contributed by atoms with Gasteiger partial charge in [0.2, 0.25) is 6.54 Å². The number of hydrogen-bond donors (Lipinski definition) is 1. The zero-order valence-corrected chi connectivity index (χ0v) is 14.6. The number of Topliss-reactive ketones (excluding diaryl/α,β-unsaturated/α-hetero) is 1. The number of carbonyl (C=O) groups is 1. The van der Waals surface area contributed by atoms with Crippen molar-refractivity contribution >= 4 is 23.0 Å². The van der Waals surface area contributed by atoms with Gasteiger partial charge >= 0.3 is 0 Å². The third-order valence-electron chi connectivity index (χ3n) is 3.43. The standard InChI is InChI=1S/C18H18ClF2N2O2/c1-12(24)10-23-11-13(6-7-17(23)19)14(8-9-25-22-2)15-4-3-5-16(20)18(15)21/h3-8,11,22H,9-10H2,1-2H3/q+1/b14-8-. The van der Waals surface area contributed by atoms with Crippen molar-refractivity contribution in [3.05, 3.63) is 70.5 Å². The normalized spacial score (nSPS) is 11.6. The average molecular weight is 368 g/mol. The van der Waals surface area contributed by atoms with E-state index in [1.54, 1.807) is 36.0 Å². The Bertz CT molecular complexity index is 810. The number of nitrogens with one attached hydrogen (secondary N) is 1. The molecule has 0 amide bonds. The summed E-state index contributed by atoms with van der Waals surface area (Å²) in [7, 11) is 1.60. The van der Waals surface area contributed by atoms with Gasteiger partial charge in [-0.2, -0.15) is 4.57 Å². The highest BCUT2D eigenvalue weighted by molar-refractivity contribution is 6.28. The van der Waals surface area contributed by atoms with Crippen LogP contribution in [0.2, 0.25) is 5.15 Å². The largest absolute Gasteiger partial charge is 0.298 e. The molecule has 0 atom stereocenters. The number of benzene rings is 1. The molecule has 1 heterocycles. The van der Waals surface area contributed by atoms with Crippen molar-refractivity contribution < 1.29 is 23.0 Å². The number of halogens is 3. The Morgan fingerprint density at radius 3 is 2.76 bits per heavy atom. The van der Waals surface area contributed by atoms with Crippen LogP contribution < -0.4 is 10.0 Å². The second kappa shape index (κ2) is 8.80. The highest BCUT2D eigenvalue weighted by Crippen LogP contribution is 2.26. The number of pyridine rings is 1. The van der Waals surface area contributed by atoms with Crippen LogP contribution in [-0.4, -0.2) is 19.4 Å². The topological polar surface area (TPSA) is 42.2 Å². The molecule has 132 valence electrons. The second-order valence-electron chi connectivity index (χ2n) is 5.30. The number of ketones is 1. The van der Waals surface area contributed by atoms with Crippen molar-refractivity contribution in [1.82, 2.24) is 5.48 Å². The molecular weight excluding hydrogens is 350 g/mol. The van der Waals surface area contributed by atoms with Gasteiger partial charge in [0.1, 0.15) is 0 Å². The molecule has 0 fully saturated rings. The Morgan fingerprint density at radius 2 is 2.08 bits per heavy atom. The third kappa shape index (κ3) is 4.92. The zero-order valence-electron chi connectivity index (χ0n) is 13.9. The smallest absolute Gasteiger partial charge is 0.275 e. The Balaban J connectivity index is 2.55. The van der Waals surface area contributed by atoms with Gasteiger partial charge in [0, 0.05) is 31.2 Å². The first-order valence-electron chi connectivity index (χ1n) is 7.56. The van der Waals surface area contributed by atoms with Gasteiger partial charge in [-0.3, -0.25) is 9.63 Å². The number of hydrogen-bond acceptors (Lipinski definition) is 3. The highest BCUT2D eigenvalue weighted by Gasteiger charge is 2.18. The van der Waals surface area contributed by atoms with Crippen molar-refractivity contribution in [3.8, 4) is 0 Å². The quantitative estimate of drug-likeness (QED) is 0.354. The second-order valence-corrected chi connectivity index (χ2v) is 5.69. The summed E-state index contributed by atoms with van der Waals surface area (Å²) in [6.45, 7) is 1.66. The minimum atomic E-state index is -0.953. The predicted molar refractivity (Wildman–Crippen MR) is 90.8 cm³/mol. The molecule has 0 saturated heterocycles. The van der Waals surface area contributed by atoms with Gasteiger partial charge in [-0.15, -0.1) is 0 Å². The average Bonchev–Trinajstić information content (AvgIpc) is 2.57. The fraction of sp³-hybridized carbons (Fsp3) is 0.222. The van der Waals surface area contributed by atoms with Crippen molar-refractivity contribution in [2.75, 3.05) is 13.7 Å². The maximum atomic E-state index is 14.3. The Hall–Kier alpha value is -2.15. The van der Waals surface area contributed by atoms with Crippen LogP contribution in [0.3, 0.4) is 0 Å². The number of aromatic nitrogens is 1. The summed E-state index contributed by atoms with van der Waals surface area (Å²) in [5.74, 6) is -1.97. The van der Waals surface area contributed by atoms with E-state index in [1.807, 2.05) is 0 Å². The summed E-state index contributed by atoms with van der Waals surface area (Å²) in [6.07, 6.45) is 3.25. The minimum absolute atomic E-state index is 0.0787. The summed E-state index contributed by atoms with van der Waals surface area (Å²) < 4.78 is 29.5. The van der Waals surface area contributed by atoms with Crippen molar-refractivity contribution in [2.45, 2.75) is 13.5 Å². The van der Waals surface area contributed by atoms with E-state index < -0.39 is 11.6 Å². The molecule has 0 saturated carbocycles. The van der Waals surface area contributed by atoms with Gasteiger partial charge in [0.15, 0.2) is 23.6 Å². The van der Waals surface area contributed by atoms with Crippen LogP contribution in [0.15, 0.2) is 42.6 Å². The molecule has 0 unspecified atom stereocenters. The minimum Gasteiger partial charge on any atom is -0.298 e. The van der Waals surface area contributed by atoms with E-state index in [0.717, 1.165) is 6.07 Å². The lowest BCUT2D eigenvalue weighted by Crippen LogP contribution is -2.38. The van der Waals surface area contributed by atoms with E-state index in [9.17, 15) is 13.6 Å². The molecule has 2 aromatic rings. The van der Waals surface area contributed by atoms with Crippen LogP contribution in [0.4, 0.5) is 8.78 Å². The van der Waals surface area contributed by atoms with Gasteiger partial charge in [-0.1, -0.05) is 12.1 Å². The summed E-state index contributed by atoms with van der Waals surface area (Å²) in [6, 6.07) is 7.24. The fourth-order valence-electron chi connectivity index (χ4n) is 2.35. The molecule has 1 aromatic heterocycles. The number of nitrogens with zero attached hydrogens (tertiary/aromatic N) is 1. The monoisotopic (exact) mass is 367 g/mol. The van der Waals surface area contributed by atoms with E-state index in [4.69, 9.17) is 16.4 Å². The van der Waals surface area contributed by atoms with Crippen LogP contribution in [0.5, 0.6) is 0 Å². The Labute approximate surface area is 149 Å². The molecule has 1 N–H and O–H groups in total. The molecule has 0 aliphatic heterocycles. The molecule has 4 nitrogen and oxygen atoms in total. The van der Waals surface area contributed by atoms with Crippen LogP contribution >= 0.6 is 11.6 Å². The molecule has 7 heteroatoms. The highest BCUT2D eigenvalue weighted by atomic mass is 35.5. The third-order valence-corrected chi connectivity index (χ3v) is 3.77. The van der Waals surface area contributed by atoms with E-state index in [2.05, 4.69) is 5.48 Å². The molecule has 25 heavy (non-hydrogen) atoms. The number of carbonyl (C=O) groups excluding carboxylic acids is 1. The van der Waals surface area contributed by atoms with Crippen molar-refractivity contribution in [2.24, 2.45) is 0 Å². The molecule has 2 rings (SSSR count). The lowest BCUT2D eigenvalue weighted by molar-refractivity contribution is -0.682. The van der Waals surface area contributed by atoms with Crippen LogP contribution in [0, 0.1) is 11.6 Å². The SMILES string of the molecule is CNOC/C=C(/c1ccc(Cl)[n+](CC(C)=O)c1)c1cccc(F)c1F. The predicted octanol–water partition coefficient (Wildman–Crippen LogP) is 3.08. The Kier molecular flexibility index (Phi) is 6.75. The molecule has 0 radical (unpaired) electrons. The van der Waals surface area contributed by atoms with E-state index in [1.165, 1.54) is 19.1 Å². The molecule has 0 spiro atoms. The maximum absolute atomic E-state index is 14.3. The first kappa shape index (κ1) is 19.2. The summed E-state index contributed by atoms with van der Waals surface area (Å²) >= 11 is 6.10. The van der Waals surface area contributed by atoms with Crippen LogP contribution in [0.25, 0.3) is 5.57 Å². The zero-order chi connectivity index (χ0) is 18.4. The van der Waals surface area contributed by atoms with E-state index in [0.29, 0.717) is 16.3 Å². The molecule has 0 aliphatic carbocycles. The van der Waals surface area contributed by atoms with Crippen LogP contribution in [0.1, 0.15) is 18.1 Å². The first-order chi connectivity index (χ1) is 11.9. The van der Waals surface area contributed by atoms with E-state index >= 15 is 0 Å². The lowest BCUT2D eigenvalue weighted by Gasteiger charge is -2.10. The van der Waals surface area contributed by atoms with Gasteiger partial charge in [-0.05, 0) is 35.4 Å². The summed E-state index contributed by atoms with van der Waals surface area (Å²) in [4.78, 5) is 16.5. The van der Waals surface area contributed by atoms with Crippen molar-refractivity contribution in [3.63, 3.8) is 0 Å². The molecule has 0 bridgehead atoms. The number of rotatable bonds is 7. The maximum Gasteiger partial charge on any atom is 0.275 e.